The van der Waals surface area contributed by atoms with E-state index in [0.717, 1.165) is 23.8 Å². The molecule has 26 heavy (non-hydrogen) atoms. The van der Waals surface area contributed by atoms with Crippen molar-refractivity contribution in [2.75, 3.05) is 18.5 Å². The van der Waals surface area contributed by atoms with Gasteiger partial charge in [-0.15, -0.1) is 0 Å². The van der Waals surface area contributed by atoms with Crippen LogP contribution in [0.2, 0.25) is 0 Å². The van der Waals surface area contributed by atoms with Crippen molar-refractivity contribution < 1.29 is 27.9 Å². The second-order valence-corrected chi connectivity index (χ2v) is 5.27. The molecule has 2 aromatic carbocycles. The Morgan fingerprint density at radius 3 is 2.42 bits per heavy atom. The highest BCUT2D eigenvalue weighted by molar-refractivity contribution is 5.93. The van der Waals surface area contributed by atoms with E-state index in [1.54, 1.807) is 24.3 Å². The Labute approximate surface area is 148 Å². The zero-order valence-corrected chi connectivity index (χ0v) is 13.6. The van der Waals surface area contributed by atoms with E-state index in [0.29, 0.717) is 0 Å². The van der Waals surface area contributed by atoms with Gasteiger partial charge in [-0.3, -0.25) is 14.4 Å². The summed E-state index contributed by atoms with van der Waals surface area (Å²) in [6.07, 6.45) is 0.105. The molecule has 0 bridgehead atoms. The number of halogens is 2. The number of nitrogens with one attached hydrogen (secondary N) is 2. The van der Waals surface area contributed by atoms with Gasteiger partial charge in [0.15, 0.2) is 6.61 Å². The highest BCUT2D eigenvalue weighted by Crippen LogP contribution is 2.14. The summed E-state index contributed by atoms with van der Waals surface area (Å²) in [5.41, 5.74) is 0.428. The topological polar surface area (TPSA) is 84.5 Å². The molecule has 6 nitrogen and oxygen atoms in total. The molecule has 0 aliphatic heterocycles. The van der Waals surface area contributed by atoms with E-state index in [9.17, 15) is 23.2 Å². The number of carbonyl (C=O) groups excluding carboxylic acids is 3. The maximum Gasteiger partial charge on any atom is 0.325 e. The van der Waals surface area contributed by atoms with Gasteiger partial charge in [-0.05, 0) is 17.7 Å². The third kappa shape index (κ3) is 6.31. The van der Waals surface area contributed by atoms with E-state index in [1.807, 2.05) is 6.07 Å². The number of hydrogen-bond donors (Lipinski definition) is 2. The zero-order chi connectivity index (χ0) is 18.9. The fourth-order valence-electron chi connectivity index (χ4n) is 1.99. The summed E-state index contributed by atoms with van der Waals surface area (Å²) in [5, 5.41) is 4.45. The van der Waals surface area contributed by atoms with Gasteiger partial charge in [0.25, 0.3) is 5.91 Å². The fraction of sp³-hybridized carbons (Fsp3) is 0.167. The predicted octanol–water partition coefficient (Wildman–Crippen LogP) is 1.81. The molecule has 0 aromatic heterocycles. The number of benzene rings is 2. The van der Waals surface area contributed by atoms with Crippen molar-refractivity contribution in [3.63, 3.8) is 0 Å². The summed E-state index contributed by atoms with van der Waals surface area (Å²) in [7, 11) is 0. The van der Waals surface area contributed by atoms with Crippen LogP contribution < -0.4 is 10.6 Å². The summed E-state index contributed by atoms with van der Waals surface area (Å²) < 4.78 is 31.0. The number of rotatable bonds is 7. The van der Waals surface area contributed by atoms with E-state index in [1.165, 1.54) is 0 Å². The van der Waals surface area contributed by atoms with Crippen LogP contribution in [0.15, 0.2) is 48.5 Å². The predicted molar refractivity (Wildman–Crippen MR) is 89.1 cm³/mol. The van der Waals surface area contributed by atoms with E-state index in [2.05, 4.69) is 15.4 Å². The van der Waals surface area contributed by atoms with Crippen LogP contribution in [0.25, 0.3) is 0 Å². The van der Waals surface area contributed by atoms with Crippen LogP contribution in [0.4, 0.5) is 14.5 Å². The quantitative estimate of drug-likeness (QED) is 0.736. The lowest BCUT2D eigenvalue weighted by atomic mass is 10.1. The van der Waals surface area contributed by atoms with Gasteiger partial charge in [0, 0.05) is 6.07 Å². The minimum Gasteiger partial charge on any atom is -0.454 e. The van der Waals surface area contributed by atoms with Crippen LogP contribution >= 0.6 is 0 Å². The Kier molecular flexibility index (Phi) is 6.78. The molecule has 0 aliphatic rings. The number of hydrogen-bond acceptors (Lipinski definition) is 4. The number of esters is 1. The molecule has 2 N–H and O–H groups in total. The average molecular weight is 362 g/mol. The van der Waals surface area contributed by atoms with E-state index >= 15 is 0 Å². The second-order valence-electron chi connectivity index (χ2n) is 5.27. The lowest BCUT2D eigenvalue weighted by Crippen LogP contribution is -2.33. The SMILES string of the molecule is O=C(Cc1ccccc1)NCC(=O)OCC(=O)Nc1cc(F)ccc1F. The van der Waals surface area contributed by atoms with Crippen LogP contribution in [-0.4, -0.2) is 30.9 Å². The van der Waals surface area contributed by atoms with E-state index in [4.69, 9.17) is 0 Å². The van der Waals surface area contributed by atoms with Gasteiger partial charge >= 0.3 is 5.97 Å². The molecule has 2 aromatic rings. The Balaban J connectivity index is 1.70. The van der Waals surface area contributed by atoms with Crippen molar-refractivity contribution in [2.24, 2.45) is 0 Å². The maximum absolute atomic E-state index is 13.4. The molecular formula is C18H16F2N2O4. The minimum absolute atomic E-state index is 0.105. The highest BCUT2D eigenvalue weighted by Gasteiger charge is 2.12. The first kappa shape index (κ1) is 19.0. The average Bonchev–Trinajstić information content (AvgIpc) is 2.62. The Bertz CT molecular complexity index is 797. The van der Waals surface area contributed by atoms with Crippen molar-refractivity contribution >= 4 is 23.5 Å². The van der Waals surface area contributed by atoms with Gasteiger partial charge in [0.2, 0.25) is 5.91 Å². The Morgan fingerprint density at radius 2 is 1.69 bits per heavy atom. The molecule has 0 saturated heterocycles. The Hall–Kier alpha value is -3.29. The number of carbonyl (C=O) groups is 3. The molecule has 2 rings (SSSR count). The van der Waals surface area contributed by atoms with Crippen LogP contribution in [0.5, 0.6) is 0 Å². The van der Waals surface area contributed by atoms with Crippen LogP contribution in [0, 0.1) is 11.6 Å². The summed E-state index contributed by atoms with van der Waals surface area (Å²) in [6.45, 7) is -1.10. The number of amides is 2. The lowest BCUT2D eigenvalue weighted by Gasteiger charge is -2.08. The molecule has 8 heteroatoms. The van der Waals surface area contributed by atoms with Gasteiger partial charge in [-0.2, -0.15) is 0 Å². The van der Waals surface area contributed by atoms with Gasteiger partial charge in [0.05, 0.1) is 12.1 Å². The Morgan fingerprint density at radius 1 is 0.962 bits per heavy atom. The molecule has 0 atom stereocenters. The molecule has 2 amide bonds. The summed E-state index contributed by atoms with van der Waals surface area (Å²) in [4.78, 5) is 34.8. The van der Waals surface area contributed by atoms with Crippen molar-refractivity contribution in [2.45, 2.75) is 6.42 Å². The molecule has 0 saturated carbocycles. The first-order valence-corrected chi connectivity index (χ1v) is 7.65. The van der Waals surface area contributed by atoms with Crippen LogP contribution in [0.1, 0.15) is 5.56 Å². The lowest BCUT2D eigenvalue weighted by molar-refractivity contribution is -0.147. The third-order valence-corrected chi connectivity index (χ3v) is 3.20. The van der Waals surface area contributed by atoms with Gasteiger partial charge < -0.3 is 15.4 Å². The standard InChI is InChI=1S/C18H16F2N2O4/c19-13-6-7-14(20)15(9-13)22-17(24)11-26-18(25)10-21-16(23)8-12-4-2-1-3-5-12/h1-7,9H,8,10-11H2,(H,21,23)(H,22,24). The molecule has 0 spiro atoms. The third-order valence-electron chi connectivity index (χ3n) is 3.20. The largest absolute Gasteiger partial charge is 0.454 e. The van der Waals surface area contributed by atoms with E-state index < -0.39 is 36.7 Å². The zero-order valence-electron chi connectivity index (χ0n) is 13.6. The monoisotopic (exact) mass is 362 g/mol. The molecule has 0 unspecified atom stereocenters. The number of anilines is 1. The molecule has 0 fully saturated rings. The molecular weight excluding hydrogens is 346 g/mol. The summed E-state index contributed by atoms with van der Waals surface area (Å²) in [6, 6.07) is 11.5. The smallest absolute Gasteiger partial charge is 0.325 e. The first-order chi connectivity index (χ1) is 12.4. The van der Waals surface area contributed by atoms with Gasteiger partial charge in [0.1, 0.15) is 18.2 Å². The van der Waals surface area contributed by atoms with E-state index in [-0.39, 0.29) is 18.0 Å². The second kappa shape index (κ2) is 9.26. The molecule has 0 radical (unpaired) electrons. The first-order valence-electron chi connectivity index (χ1n) is 7.65. The van der Waals surface area contributed by atoms with Crippen molar-refractivity contribution in [3.05, 3.63) is 65.7 Å². The number of ether oxygens (including phenoxy) is 1. The van der Waals surface area contributed by atoms with Gasteiger partial charge in [-0.25, -0.2) is 8.78 Å². The van der Waals surface area contributed by atoms with Crippen molar-refractivity contribution in [1.29, 1.82) is 0 Å². The fourth-order valence-corrected chi connectivity index (χ4v) is 1.99. The van der Waals surface area contributed by atoms with Crippen molar-refractivity contribution in [3.8, 4) is 0 Å². The normalized spacial score (nSPS) is 10.1. The summed E-state index contributed by atoms with van der Waals surface area (Å²) in [5.74, 6) is -3.58. The summed E-state index contributed by atoms with van der Waals surface area (Å²) >= 11 is 0. The maximum atomic E-state index is 13.4. The molecule has 136 valence electrons. The molecule has 0 heterocycles. The van der Waals surface area contributed by atoms with Crippen LogP contribution in [0.3, 0.4) is 0 Å². The highest BCUT2D eigenvalue weighted by atomic mass is 19.1. The van der Waals surface area contributed by atoms with Gasteiger partial charge in [-0.1, -0.05) is 30.3 Å². The minimum atomic E-state index is -0.835. The van der Waals surface area contributed by atoms with Crippen LogP contribution in [-0.2, 0) is 25.5 Å². The van der Waals surface area contributed by atoms with Crippen molar-refractivity contribution in [1.82, 2.24) is 5.32 Å². The molecule has 0 aliphatic carbocycles.